The number of carbonyl (C=O) groups excluding carboxylic acids is 1. The molecule has 21 heavy (non-hydrogen) atoms. The van der Waals surface area contributed by atoms with E-state index in [1.807, 2.05) is 0 Å². The van der Waals surface area contributed by atoms with Gasteiger partial charge < -0.3 is 10.0 Å². The fourth-order valence-electron chi connectivity index (χ4n) is 2.26. The van der Waals surface area contributed by atoms with Crippen LogP contribution in [0.15, 0.2) is 12.3 Å². The number of halogens is 1. The number of sulfonamides is 1. The van der Waals surface area contributed by atoms with Gasteiger partial charge in [-0.05, 0) is 0 Å². The molecule has 1 fully saturated rings. The van der Waals surface area contributed by atoms with Crippen LogP contribution in [-0.4, -0.2) is 42.7 Å². The van der Waals surface area contributed by atoms with Crippen LogP contribution in [0.25, 0.3) is 0 Å². The van der Waals surface area contributed by atoms with Gasteiger partial charge in [0.15, 0.2) is 0 Å². The fourth-order valence-corrected chi connectivity index (χ4v) is 3.30. The number of amides is 1. The molecule has 1 amide bonds. The molecule has 0 aromatic carbocycles. The molecule has 2 rings (SSSR count). The Bertz CT molecular complexity index is 706. The molecule has 1 saturated heterocycles. The number of carbonyl (C=O) groups is 2. The van der Waals surface area contributed by atoms with E-state index in [0.29, 0.717) is 0 Å². The molecule has 3 N–H and O–H groups in total. The standard InChI is InChI=1S/C11H12ClN3O5S/c12-9-2-8(7(3-14-9)11(17)18)15-4-6(1-10(15)16)5-21(13,19)20/h2-3,6H,1,4-5H2,(H,17,18)(H2,13,19,20). The lowest BCUT2D eigenvalue weighted by molar-refractivity contribution is -0.117. The molecule has 0 bridgehead atoms. The van der Waals surface area contributed by atoms with Gasteiger partial charge in [0.25, 0.3) is 0 Å². The Labute approximate surface area is 125 Å². The SMILES string of the molecule is NS(=O)(=O)CC1CC(=O)N(c2cc(Cl)ncc2C(=O)O)C1. The van der Waals surface area contributed by atoms with Crippen LogP contribution in [0.3, 0.4) is 0 Å². The van der Waals surface area contributed by atoms with E-state index in [1.165, 1.54) is 11.0 Å². The van der Waals surface area contributed by atoms with Crippen LogP contribution in [0.4, 0.5) is 5.69 Å². The summed E-state index contributed by atoms with van der Waals surface area (Å²) < 4.78 is 22.2. The summed E-state index contributed by atoms with van der Waals surface area (Å²) in [5.74, 6) is -2.46. The third kappa shape index (κ3) is 3.69. The van der Waals surface area contributed by atoms with Crippen LogP contribution < -0.4 is 10.0 Å². The zero-order chi connectivity index (χ0) is 15.8. The summed E-state index contributed by atoms with van der Waals surface area (Å²) in [7, 11) is -3.70. The second-order valence-corrected chi connectivity index (χ2v) is 6.78. The van der Waals surface area contributed by atoms with Crippen molar-refractivity contribution in [2.45, 2.75) is 6.42 Å². The fraction of sp³-hybridized carbons (Fsp3) is 0.364. The number of aromatic nitrogens is 1. The van der Waals surface area contributed by atoms with Crippen molar-refractivity contribution in [3.05, 3.63) is 23.0 Å². The molecule has 2 heterocycles. The monoisotopic (exact) mass is 333 g/mol. The van der Waals surface area contributed by atoms with Gasteiger partial charge in [-0.25, -0.2) is 23.3 Å². The molecule has 8 nitrogen and oxygen atoms in total. The summed E-state index contributed by atoms with van der Waals surface area (Å²) in [6.45, 7) is 0.0654. The molecule has 0 spiro atoms. The van der Waals surface area contributed by atoms with Gasteiger partial charge in [-0.15, -0.1) is 0 Å². The summed E-state index contributed by atoms with van der Waals surface area (Å²) in [5, 5.41) is 14.1. The van der Waals surface area contributed by atoms with Crippen molar-refractivity contribution in [2.24, 2.45) is 11.1 Å². The molecule has 1 aliphatic rings. The zero-order valence-electron chi connectivity index (χ0n) is 10.7. The maximum atomic E-state index is 12.0. The predicted octanol–water partition coefficient (Wildman–Crippen LogP) is 0.0746. The number of pyridine rings is 1. The largest absolute Gasteiger partial charge is 0.478 e. The molecule has 0 saturated carbocycles. The van der Waals surface area contributed by atoms with Gasteiger partial charge in [-0.3, -0.25) is 4.79 Å². The van der Waals surface area contributed by atoms with E-state index in [1.54, 1.807) is 0 Å². The number of carboxylic acid groups (broad SMARTS) is 1. The number of anilines is 1. The Balaban J connectivity index is 2.33. The smallest absolute Gasteiger partial charge is 0.339 e. The molecule has 1 atom stereocenters. The van der Waals surface area contributed by atoms with Crippen LogP contribution in [0.1, 0.15) is 16.8 Å². The van der Waals surface area contributed by atoms with Crippen molar-refractivity contribution >= 4 is 39.2 Å². The topological polar surface area (TPSA) is 131 Å². The number of rotatable bonds is 4. The Morgan fingerprint density at radius 1 is 1.57 bits per heavy atom. The van der Waals surface area contributed by atoms with E-state index in [2.05, 4.69) is 4.98 Å². The Hall–Kier alpha value is -1.71. The van der Waals surface area contributed by atoms with Gasteiger partial charge in [-0.2, -0.15) is 0 Å². The molecule has 1 aliphatic heterocycles. The lowest BCUT2D eigenvalue weighted by Gasteiger charge is -2.18. The lowest BCUT2D eigenvalue weighted by atomic mass is 10.1. The molecule has 114 valence electrons. The van der Waals surface area contributed by atoms with Crippen LogP contribution in [0.5, 0.6) is 0 Å². The zero-order valence-corrected chi connectivity index (χ0v) is 12.3. The quantitative estimate of drug-likeness (QED) is 0.750. The number of nitrogens with two attached hydrogens (primary N) is 1. The van der Waals surface area contributed by atoms with Crippen molar-refractivity contribution in [2.75, 3.05) is 17.2 Å². The van der Waals surface area contributed by atoms with Crippen molar-refractivity contribution in [1.29, 1.82) is 0 Å². The van der Waals surface area contributed by atoms with Crippen LogP contribution >= 0.6 is 11.6 Å². The highest BCUT2D eigenvalue weighted by atomic mass is 35.5. The van der Waals surface area contributed by atoms with Gasteiger partial charge in [-0.1, -0.05) is 11.6 Å². The van der Waals surface area contributed by atoms with Crippen LogP contribution in [0.2, 0.25) is 5.15 Å². The molecular weight excluding hydrogens is 322 g/mol. The Kier molecular flexibility index (Phi) is 4.17. The van der Waals surface area contributed by atoms with E-state index < -0.39 is 21.9 Å². The number of aromatic carboxylic acids is 1. The van der Waals surface area contributed by atoms with Crippen molar-refractivity contribution in [3.8, 4) is 0 Å². The lowest BCUT2D eigenvalue weighted by Crippen LogP contribution is -2.28. The second kappa shape index (κ2) is 5.58. The molecule has 0 radical (unpaired) electrons. The van der Waals surface area contributed by atoms with E-state index in [-0.39, 0.29) is 41.0 Å². The Morgan fingerprint density at radius 2 is 2.24 bits per heavy atom. The molecule has 1 aromatic rings. The Morgan fingerprint density at radius 3 is 2.81 bits per heavy atom. The molecule has 1 unspecified atom stereocenters. The number of nitrogens with zero attached hydrogens (tertiary/aromatic N) is 2. The summed E-state index contributed by atoms with van der Waals surface area (Å²) in [6, 6.07) is 1.27. The average molecular weight is 334 g/mol. The third-order valence-electron chi connectivity index (χ3n) is 3.04. The van der Waals surface area contributed by atoms with Gasteiger partial charge in [0.2, 0.25) is 15.9 Å². The number of hydrogen-bond donors (Lipinski definition) is 2. The normalized spacial score (nSPS) is 19.0. The number of carboxylic acids is 1. The van der Waals surface area contributed by atoms with Gasteiger partial charge in [0, 0.05) is 31.1 Å². The first-order chi connectivity index (χ1) is 9.67. The average Bonchev–Trinajstić information content (AvgIpc) is 2.66. The molecule has 1 aromatic heterocycles. The van der Waals surface area contributed by atoms with Crippen LogP contribution in [0, 0.1) is 5.92 Å². The number of hydrogen-bond acceptors (Lipinski definition) is 5. The highest BCUT2D eigenvalue weighted by molar-refractivity contribution is 7.89. The van der Waals surface area contributed by atoms with Gasteiger partial charge in [0.05, 0.1) is 11.4 Å². The molecular formula is C11H12ClN3O5S. The summed E-state index contributed by atoms with van der Waals surface area (Å²) in [5.41, 5.74) is -0.0755. The first-order valence-corrected chi connectivity index (χ1v) is 7.96. The maximum Gasteiger partial charge on any atom is 0.339 e. The van der Waals surface area contributed by atoms with Gasteiger partial charge in [0.1, 0.15) is 10.7 Å². The minimum absolute atomic E-state index is 0.0184. The highest BCUT2D eigenvalue weighted by Crippen LogP contribution is 2.30. The van der Waals surface area contributed by atoms with E-state index in [0.717, 1.165) is 6.20 Å². The summed E-state index contributed by atoms with van der Waals surface area (Å²) >= 11 is 5.73. The van der Waals surface area contributed by atoms with Crippen molar-refractivity contribution in [3.63, 3.8) is 0 Å². The van der Waals surface area contributed by atoms with E-state index >= 15 is 0 Å². The first kappa shape index (κ1) is 15.7. The molecule has 10 heteroatoms. The van der Waals surface area contributed by atoms with Crippen molar-refractivity contribution in [1.82, 2.24) is 4.98 Å². The minimum Gasteiger partial charge on any atom is -0.478 e. The second-order valence-electron chi connectivity index (χ2n) is 4.73. The molecule has 0 aliphatic carbocycles. The van der Waals surface area contributed by atoms with Crippen LogP contribution in [-0.2, 0) is 14.8 Å². The highest BCUT2D eigenvalue weighted by Gasteiger charge is 2.34. The van der Waals surface area contributed by atoms with E-state index in [4.69, 9.17) is 21.8 Å². The summed E-state index contributed by atoms with van der Waals surface area (Å²) in [6.07, 6.45) is 1.04. The van der Waals surface area contributed by atoms with Crippen molar-refractivity contribution < 1.29 is 23.1 Å². The summed E-state index contributed by atoms with van der Waals surface area (Å²) in [4.78, 5) is 28.0. The maximum absolute atomic E-state index is 12.0. The van der Waals surface area contributed by atoms with E-state index in [9.17, 15) is 18.0 Å². The first-order valence-electron chi connectivity index (χ1n) is 5.87. The minimum atomic E-state index is -3.70. The van der Waals surface area contributed by atoms with Gasteiger partial charge >= 0.3 is 5.97 Å². The predicted molar refractivity (Wildman–Crippen MR) is 74.6 cm³/mol. The number of primary sulfonamides is 1. The third-order valence-corrected chi connectivity index (χ3v) is 4.19.